The standard InChI is InChI=1S/C13H21N3O/c1-4-7-16-9-11(8-14-16)13(5-6-13)15-12(17)10(2)3/h8-10H,4-7H2,1-3H3,(H,15,17). The third-order valence-electron chi connectivity index (χ3n) is 3.28. The lowest BCUT2D eigenvalue weighted by atomic mass is 10.1. The maximum atomic E-state index is 11.8. The van der Waals surface area contributed by atoms with Gasteiger partial charge in [-0.05, 0) is 19.3 Å². The van der Waals surface area contributed by atoms with E-state index in [1.165, 1.54) is 0 Å². The minimum atomic E-state index is -0.118. The lowest BCUT2D eigenvalue weighted by Gasteiger charge is -2.17. The Morgan fingerprint density at radius 1 is 1.59 bits per heavy atom. The second-order valence-corrected chi connectivity index (χ2v) is 5.22. The zero-order valence-electron chi connectivity index (χ0n) is 10.9. The fourth-order valence-corrected chi connectivity index (χ4v) is 1.95. The molecule has 1 aromatic heterocycles. The van der Waals surface area contributed by atoms with Crippen LogP contribution in [0.25, 0.3) is 0 Å². The molecule has 2 rings (SSSR count). The van der Waals surface area contributed by atoms with Gasteiger partial charge in [0.25, 0.3) is 0 Å². The van der Waals surface area contributed by atoms with Crippen LogP contribution < -0.4 is 5.32 Å². The summed E-state index contributed by atoms with van der Waals surface area (Å²) < 4.78 is 1.96. The van der Waals surface area contributed by atoms with Crippen LogP contribution in [-0.4, -0.2) is 15.7 Å². The van der Waals surface area contributed by atoms with Crippen LogP contribution in [0.4, 0.5) is 0 Å². The number of rotatable bonds is 5. The van der Waals surface area contributed by atoms with Crippen LogP contribution in [0.2, 0.25) is 0 Å². The van der Waals surface area contributed by atoms with Crippen molar-refractivity contribution in [1.29, 1.82) is 0 Å². The Balaban J connectivity index is 2.07. The fourth-order valence-electron chi connectivity index (χ4n) is 1.95. The SMILES string of the molecule is CCCn1cc(C2(NC(=O)C(C)C)CC2)cn1. The van der Waals surface area contributed by atoms with Crippen LogP contribution in [0.15, 0.2) is 12.4 Å². The van der Waals surface area contributed by atoms with Gasteiger partial charge in [0.15, 0.2) is 0 Å². The molecule has 1 aliphatic rings. The van der Waals surface area contributed by atoms with Crippen molar-refractivity contribution in [2.24, 2.45) is 5.92 Å². The minimum absolute atomic E-state index is 0.0400. The molecule has 0 bridgehead atoms. The van der Waals surface area contributed by atoms with Gasteiger partial charge in [-0.15, -0.1) is 0 Å². The maximum absolute atomic E-state index is 11.8. The lowest BCUT2D eigenvalue weighted by molar-refractivity contribution is -0.125. The molecule has 1 aromatic rings. The van der Waals surface area contributed by atoms with Gasteiger partial charge in [-0.2, -0.15) is 5.10 Å². The van der Waals surface area contributed by atoms with Crippen molar-refractivity contribution in [2.45, 2.75) is 52.1 Å². The van der Waals surface area contributed by atoms with Gasteiger partial charge in [0.2, 0.25) is 5.91 Å². The van der Waals surface area contributed by atoms with E-state index in [1.807, 2.05) is 24.7 Å². The topological polar surface area (TPSA) is 46.9 Å². The molecule has 0 atom stereocenters. The van der Waals surface area contributed by atoms with Crippen LogP contribution in [-0.2, 0) is 16.9 Å². The van der Waals surface area contributed by atoms with Crippen LogP contribution in [0.1, 0.15) is 45.6 Å². The quantitative estimate of drug-likeness (QED) is 0.849. The van der Waals surface area contributed by atoms with Gasteiger partial charge in [-0.3, -0.25) is 9.48 Å². The summed E-state index contributed by atoms with van der Waals surface area (Å²) in [6.07, 6.45) is 7.10. The predicted molar refractivity (Wildman–Crippen MR) is 66.4 cm³/mol. The smallest absolute Gasteiger partial charge is 0.223 e. The summed E-state index contributed by atoms with van der Waals surface area (Å²) in [7, 11) is 0. The van der Waals surface area contributed by atoms with Gasteiger partial charge >= 0.3 is 0 Å². The number of hydrogen-bond acceptors (Lipinski definition) is 2. The first kappa shape index (κ1) is 12.1. The molecule has 4 heteroatoms. The van der Waals surface area contributed by atoms with Gasteiger partial charge in [-0.1, -0.05) is 20.8 Å². The van der Waals surface area contributed by atoms with E-state index in [9.17, 15) is 4.79 Å². The van der Waals surface area contributed by atoms with Crippen LogP contribution >= 0.6 is 0 Å². The van der Waals surface area contributed by atoms with Crippen molar-refractivity contribution in [3.8, 4) is 0 Å². The molecule has 0 saturated heterocycles. The molecule has 4 nitrogen and oxygen atoms in total. The Morgan fingerprint density at radius 2 is 2.29 bits per heavy atom. The lowest BCUT2D eigenvalue weighted by Crippen LogP contribution is -2.37. The van der Waals surface area contributed by atoms with E-state index < -0.39 is 0 Å². The molecule has 0 aromatic carbocycles. The molecule has 1 amide bonds. The highest BCUT2D eigenvalue weighted by Gasteiger charge is 2.46. The van der Waals surface area contributed by atoms with Gasteiger partial charge in [-0.25, -0.2) is 0 Å². The van der Waals surface area contributed by atoms with Crippen molar-refractivity contribution in [3.05, 3.63) is 18.0 Å². The summed E-state index contributed by atoms with van der Waals surface area (Å²) in [6.45, 7) is 6.92. The van der Waals surface area contributed by atoms with Crippen molar-refractivity contribution in [1.82, 2.24) is 15.1 Å². The first-order valence-electron chi connectivity index (χ1n) is 6.42. The monoisotopic (exact) mass is 235 g/mol. The summed E-state index contributed by atoms with van der Waals surface area (Å²) in [5, 5.41) is 7.48. The molecule has 17 heavy (non-hydrogen) atoms. The molecule has 0 unspecified atom stereocenters. The molecule has 94 valence electrons. The zero-order chi connectivity index (χ0) is 12.5. The minimum Gasteiger partial charge on any atom is -0.346 e. The third-order valence-corrected chi connectivity index (χ3v) is 3.28. The number of carbonyl (C=O) groups excluding carboxylic acids is 1. The highest BCUT2D eigenvalue weighted by molar-refractivity contribution is 5.79. The number of nitrogens with zero attached hydrogens (tertiary/aromatic N) is 2. The van der Waals surface area contributed by atoms with E-state index in [0.717, 1.165) is 31.4 Å². The number of carbonyl (C=O) groups is 1. The number of nitrogens with one attached hydrogen (secondary N) is 1. The highest BCUT2D eigenvalue weighted by atomic mass is 16.2. The van der Waals surface area contributed by atoms with Crippen LogP contribution in [0, 0.1) is 5.92 Å². The van der Waals surface area contributed by atoms with Crippen LogP contribution in [0.3, 0.4) is 0 Å². The Labute approximate surface area is 102 Å². The van der Waals surface area contributed by atoms with Crippen molar-refractivity contribution < 1.29 is 4.79 Å². The summed E-state index contributed by atoms with van der Waals surface area (Å²) in [6, 6.07) is 0. The molecule has 1 fully saturated rings. The Morgan fingerprint density at radius 3 is 2.82 bits per heavy atom. The highest BCUT2D eigenvalue weighted by Crippen LogP contribution is 2.45. The van der Waals surface area contributed by atoms with Gasteiger partial charge < -0.3 is 5.32 Å². The predicted octanol–water partition coefficient (Wildman–Crippen LogP) is 2.05. The number of aromatic nitrogens is 2. The van der Waals surface area contributed by atoms with Crippen molar-refractivity contribution in [3.63, 3.8) is 0 Å². The third kappa shape index (κ3) is 2.51. The van der Waals surface area contributed by atoms with Gasteiger partial charge in [0.1, 0.15) is 0 Å². The molecule has 0 aliphatic heterocycles. The molecular formula is C13H21N3O. The maximum Gasteiger partial charge on any atom is 0.223 e. The molecule has 1 aliphatic carbocycles. The summed E-state index contributed by atoms with van der Waals surface area (Å²) in [5.74, 6) is 0.170. The average molecular weight is 235 g/mol. The van der Waals surface area contributed by atoms with Gasteiger partial charge in [0, 0.05) is 24.2 Å². The van der Waals surface area contributed by atoms with E-state index in [2.05, 4.69) is 23.5 Å². The molecule has 0 radical (unpaired) electrons. The summed E-state index contributed by atoms with van der Waals surface area (Å²) in [5.41, 5.74) is 1.04. The van der Waals surface area contributed by atoms with Crippen LogP contribution in [0.5, 0.6) is 0 Å². The Kier molecular flexibility index (Phi) is 3.22. The molecule has 1 saturated carbocycles. The first-order valence-corrected chi connectivity index (χ1v) is 6.42. The number of amides is 1. The summed E-state index contributed by atoms with van der Waals surface area (Å²) in [4.78, 5) is 11.8. The van der Waals surface area contributed by atoms with Crippen molar-refractivity contribution >= 4 is 5.91 Å². The van der Waals surface area contributed by atoms with E-state index >= 15 is 0 Å². The normalized spacial score (nSPS) is 17.2. The molecule has 1 N–H and O–H groups in total. The number of aryl methyl sites for hydroxylation is 1. The van der Waals surface area contributed by atoms with Gasteiger partial charge in [0.05, 0.1) is 11.7 Å². The second kappa shape index (κ2) is 4.51. The Bertz CT molecular complexity index is 405. The molecule has 0 spiro atoms. The fraction of sp³-hybridized carbons (Fsp3) is 0.692. The Hall–Kier alpha value is -1.32. The number of hydrogen-bond donors (Lipinski definition) is 1. The van der Waals surface area contributed by atoms with E-state index in [4.69, 9.17) is 0 Å². The zero-order valence-corrected chi connectivity index (χ0v) is 10.9. The van der Waals surface area contributed by atoms with Crippen molar-refractivity contribution in [2.75, 3.05) is 0 Å². The van der Waals surface area contributed by atoms with E-state index in [1.54, 1.807) is 0 Å². The largest absolute Gasteiger partial charge is 0.346 e. The average Bonchev–Trinajstić information content (AvgIpc) is 2.89. The molecule has 1 heterocycles. The van der Waals surface area contributed by atoms with E-state index in [-0.39, 0.29) is 17.4 Å². The first-order chi connectivity index (χ1) is 8.07. The summed E-state index contributed by atoms with van der Waals surface area (Å²) >= 11 is 0. The molecular weight excluding hydrogens is 214 g/mol. The van der Waals surface area contributed by atoms with E-state index in [0.29, 0.717) is 0 Å². The second-order valence-electron chi connectivity index (χ2n) is 5.22.